The maximum atomic E-state index is 5.46. The van der Waals surface area contributed by atoms with Crippen LogP contribution in [0, 0.1) is 5.92 Å². The molecular formula is C13H26N2O. The summed E-state index contributed by atoms with van der Waals surface area (Å²) in [5, 5.41) is 4.17. The zero-order valence-corrected chi connectivity index (χ0v) is 11.2. The van der Waals surface area contributed by atoms with Crippen LogP contribution in [-0.4, -0.2) is 36.3 Å². The molecule has 0 aromatic rings. The van der Waals surface area contributed by atoms with E-state index in [1.165, 1.54) is 32.4 Å². The third-order valence-corrected chi connectivity index (χ3v) is 3.32. The highest BCUT2D eigenvalue weighted by Crippen LogP contribution is 2.17. The van der Waals surface area contributed by atoms with Crippen molar-refractivity contribution in [3.05, 3.63) is 0 Å². The minimum atomic E-state index is 0.482. The molecule has 1 aliphatic rings. The van der Waals surface area contributed by atoms with Gasteiger partial charge in [-0.15, -0.1) is 0 Å². The summed E-state index contributed by atoms with van der Waals surface area (Å²) >= 11 is 0. The molecule has 0 spiro atoms. The Morgan fingerprint density at radius 3 is 2.88 bits per heavy atom. The fourth-order valence-corrected chi connectivity index (χ4v) is 2.00. The molecule has 1 fully saturated rings. The highest BCUT2D eigenvalue weighted by atomic mass is 16.6. The van der Waals surface area contributed by atoms with E-state index in [4.69, 9.17) is 4.84 Å². The van der Waals surface area contributed by atoms with E-state index >= 15 is 0 Å². The van der Waals surface area contributed by atoms with Gasteiger partial charge >= 0.3 is 0 Å². The van der Waals surface area contributed by atoms with Crippen molar-refractivity contribution in [2.24, 2.45) is 11.1 Å². The molecule has 3 nitrogen and oxygen atoms in total. The molecule has 3 heteroatoms. The number of likely N-dealkylation sites (tertiary alicyclic amines) is 1. The van der Waals surface area contributed by atoms with Crippen molar-refractivity contribution in [2.75, 3.05) is 19.7 Å². The zero-order chi connectivity index (χ0) is 12.0. The van der Waals surface area contributed by atoms with E-state index < -0.39 is 0 Å². The van der Waals surface area contributed by atoms with Crippen LogP contribution in [0.15, 0.2) is 5.16 Å². The maximum absolute atomic E-state index is 5.46. The van der Waals surface area contributed by atoms with Crippen molar-refractivity contribution in [1.29, 1.82) is 0 Å². The van der Waals surface area contributed by atoms with Gasteiger partial charge in [-0.3, -0.25) is 4.90 Å². The van der Waals surface area contributed by atoms with Crippen LogP contribution in [0.4, 0.5) is 0 Å². The highest BCUT2D eigenvalue weighted by Gasteiger charge is 2.24. The van der Waals surface area contributed by atoms with Gasteiger partial charge in [0, 0.05) is 6.04 Å². The average Bonchev–Trinajstić information content (AvgIpc) is 2.66. The van der Waals surface area contributed by atoms with E-state index in [0.29, 0.717) is 12.0 Å². The van der Waals surface area contributed by atoms with E-state index in [1.54, 1.807) is 0 Å². The van der Waals surface area contributed by atoms with Crippen LogP contribution in [0.1, 0.15) is 47.0 Å². The van der Waals surface area contributed by atoms with Crippen molar-refractivity contribution in [1.82, 2.24) is 4.90 Å². The predicted molar refractivity (Wildman–Crippen MR) is 68.8 cm³/mol. The van der Waals surface area contributed by atoms with Crippen LogP contribution in [0.5, 0.6) is 0 Å². The standard InChI is InChI=1S/C13H26N2O/c1-5-8-15-9-6-7-13(15)10-16-14-12(4)11(2)3/h11,13H,5-10H2,1-4H3/b14-12+/t13-/m0/s1. The number of nitrogens with zero attached hydrogens (tertiary/aromatic N) is 2. The molecule has 1 aliphatic heterocycles. The summed E-state index contributed by atoms with van der Waals surface area (Å²) in [7, 11) is 0. The number of oxime groups is 1. The van der Waals surface area contributed by atoms with Gasteiger partial charge < -0.3 is 4.84 Å². The third kappa shape index (κ3) is 4.12. The summed E-state index contributed by atoms with van der Waals surface area (Å²) in [6.45, 7) is 11.7. The van der Waals surface area contributed by atoms with Gasteiger partial charge in [0.05, 0.1) is 5.71 Å². The quantitative estimate of drug-likeness (QED) is 0.514. The topological polar surface area (TPSA) is 24.8 Å². The van der Waals surface area contributed by atoms with E-state index in [0.717, 1.165) is 12.3 Å². The summed E-state index contributed by atoms with van der Waals surface area (Å²) < 4.78 is 0. The Hall–Kier alpha value is -0.570. The van der Waals surface area contributed by atoms with Crippen molar-refractivity contribution in [3.63, 3.8) is 0 Å². The van der Waals surface area contributed by atoms with Gasteiger partial charge in [-0.2, -0.15) is 0 Å². The second-order valence-electron chi connectivity index (χ2n) is 5.02. The Balaban J connectivity index is 2.29. The smallest absolute Gasteiger partial charge is 0.132 e. The Labute approximate surface area is 99.8 Å². The van der Waals surface area contributed by atoms with E-state index in [2.05, 4.69) is 30.8 Å². The van der Waals surface area contributed by atoms with Gasteiger partial charge in [-0.1, -0.05) is 25.9 Å². The van der Waals surface area contributed by atoms with E-state index in [-0.39, 0.29) is 0 Å². The lowest BCUT2D eigenvalue weighted by Crippen LogP contribution is -2.33. The SMILES string of the molecule is CCCN1CCC[C@H]1CO/N=C(\C)C(C)C. The lowest BCUT2D eigenvalue weighted by Gasteiger charge is -2.22. The molecule has 1 atom stereocenters. The molecule has 0 N–H and O–H groups in total. The third-order valence-electron chi connectivity index (χ3n) is 3.32. The molecule has 16 heavy (non-hydrogen) atoms. The van der Waals surface area contributed by atoms with Crippen molar-refractivity contribution < 1.29 is 4.84 Å². The lowest BCUT2D eigenvalue weighted by molar-refractivity contribution is 0.0814. The molecule has 0 aromatic heterocycles. The minimum Gasteiger partial charge on any atom is -0.394 e. The summed E-state index contributed by atoms with van der Waals surface area (Å²) in [5.74, 6) is 0.482. The summed E-state index contributed by atoms with van der Waals surface area (Å²) in [5.41, 5.74) is 1.08. The largest absolute Gasteiger partial charge is 0.394 e. The van der Waals surface area contributed by atoms with Crippen LogP contribution in [0.3, 0.4) is 0 Å². The molecule has 0 radical (unpaired) electrons. The van der Waals surface area contributed by atoms with Gasteiger partial charge in [-0.05, 0) is 45.2 Å². The lowest BCUT2D eigenvalue weighted by atomic mass is 10.1. The second kappa shape index (κ2) is 6.89. The summed E-state index contributed by atoms with van der Waals surface area (Å²) in [6, 6.07) is 0.587. The molecule has 0 amide bonds. The van der Waals surface area contributed by atoms with E-state index in [1.807, 2.05) is 6.92 Å². The van der Waals surface area contributed by atoms with E-state index in [9.17, 15) is 0 Å². The number of hydrogen-bond acceptors (Lipinski definition) is 3. The average molecular weight is 226 g/mol. The fourth-order valence-electron chi connectivity index (χ4n) is 2.00. The molecule has 0 aromatic carbocycles. The molecule has 0 saturated carbocycles. The molecular weight excluding hydrogens is 200 g/mol. The van der Waals surface area contributed by atoms with Crippen LogP contribution < -0.4 is 0 Å². The fraction of sp³-hybridized carbons (Fsp3) is 0.923. The van der Waals surface area contributed by atoms with Crippen LogP contribution >= 0.6 is 0 Å². The normalized spacial score (nSPS) is 23.1. The molecule has 0 unspecified atom stereocenters. The molecule has 0 aliphatic carbocycles. The second-order valence-corrected chi connectivity index (χ2v) is 5.02. The van der Waals surface area contributed by atoms with Gasteiger partial charge in [0.25, 0.3) is 0 Å². The highest BCUT2D eigenvalue weighted by molar-refractivity contribution is 5.83. The zero-order valence-electron chi connectivity index (χ0n) is 11.2. The van der Waals surface area contributed by atoms with Crippen molar-refractivity contribution in [3.8, 4) is 0 Å². The first-order valence-corrected chi connectivity index (χ1v) is 6.55. The first-order valence-electron chi connectivity index (χ1n) is 6.55. The van der Waals surface area contributed by atoms with Gasteiger partial charge in [-0.25, -0.2) is 0 Å². The maximum Gasteiger partial charge on any atom is 0.132 e. The van der Waals surface area contributed by atoms with Crippen LogP contribution in [0.2, 0.25) is 0 Å². The van der Waals surface area contributed by atoms with Gasteiger partial charge in [0.15, 0.2) is 0 Å². The Kier molecular flexibility index (Phi) is 5.81. The Bertz CT molecular complexity index is 226. The van der Waals surface area contributed by atoms with Crippen molar-refractivity contribution in [2.45, 2.75) is 53.0 Å². The Morgan fingerprint density at radius 1 is 1.50 bits per heavy atom. The monoisotopic (exact) mass is 226 g/mol. The molecule has 1 rings (SSSR count). The number of hydrogen-bond donors (Lipinski definition) is 0. The Morgan fingerprint density at radius 2 is 2.25 bits per heavy atom. The predicted octanol–water partition coefficient (Wildman–Crippen LogP) is 2.91. The minimum absolute atomic E-state index is 0.482. The van der Waals surface area contributed by atoms with Crippen LogP contribution in [0.25, 0.3) is 0 Å². The van der Waals surface area contributed by atoms with Gasteiger partial charge in [0.2, 0.25) is 0 Å². The first kappa shape index (κ1) is 13.5. The van der Waals surface area contributed by atoms with Crippen LogP contribution in [-0.2, 0) is 4.84 Å². The summed E-state index contributed by atoms with van der Waals surface area (Å²) in [6.07, 6.45) is 3.79. The molecule has 1 heterocycles. The molecule has 0 bridgehead atoms. The molecule has 94 valence electrons. The molecule has 1 saturated heterocycles. The van der Waals surface area contributed by atoms with Crippen molar-refractivity contribution >= 4 is 5.71 Å². The number of rotatable bonds is 6. The van der Waals surface area contributed by atoms with Gasteiger partial charge in [0.1, 0.15) is 6.61 Å². The summed E-state index contributed by atoms with van der Waals surface area (Å²) in [4.78, 5) is 7.99. The first-order chi connectivity index (χ1) is 7.65.